The van der Waals surface area contributed by atoms with Crippen LogP contribution < -0.4 is 10.9 Å². The minimum atomic E-state index is 0.0660. The van der Waals surface area contributed by atoms with Crippen LogP contribution in [0.2, 0.25) is 0 Å². The smallest absolute Gasteiger partial charge is 0.244 e. The van der Waals surface area contributed by atoms with Crippen molar-refractivity contribution in [3.8, 4) is 0 Å². The van der Waals surface area contributed by atoms with E-state index in [0.717, 1.165) is 5.88 Å². The van der Waals surface area contributed by atoms with E-state index >= 15 is 0 Å². The standard InChI is InChI=1S/C3H6N2OS/c6-3-1-7-2-4-5-3/h4H,1-2H2,(H,5,6). The van der Waals surface area contributed by atoms with Gasteiger partial charge in [-0.2, -0.15) is 0 Å². The van der Waals surface area contributed by atoms with E-state index in [2.05, 4.69) is 10.9 Å². The Morgan fingerprint density at radius 3 is 2.86 bits per heavy atom. The zero-order chi connectivity index (χ0) is 5.11. The minimum absolute atomic E-state index is 0.0660. The Hall–Kier alpha value is -0.220. The van der Waals surface area contributed by atoms with Gasteiger partial charge in [0.25, 0.3) is 0 Å². The zero-order valence-electron chi connectivity index (χ0n) is 3.73. The van der Waals surface area contributed by atoms with Crippen LogP contribution in [-0.4, -0.2) is 17.5 Å². The molecule has 0 atom stereocenters. The number of hydrazine groups is 1. The molecule has 1 rings (SSSR count). The highest BCUT2D eigenvalue weighted by Crippen LogP contribution is 1.97. The first-order valence-corrected chi connectivity index (χ1v) is 3.14. The van der Waals surface area contributed by atoms with Crippen LogP contribution in [0.4, 0.5) is 0 Å². The lowest BCUT2D eigenvalue weighted by atomic mass is 10.7. The van der Waals surface area contributed by atoms with Gasteiger partial charge in [0.2, 0.25) is 5.91 Å². The first-order valence-electron chi connectivity index (χ1n) is 1.99. The topological polar surface area (TPSA) is 41.1 Å². The van der Waals surface area contributed by atoms with E-state index in [0.29, 0.717) is 5.75 Å². The molecule has 4 heteroatoms. The third-order valence-corrected chi connectivity index (χ3v) is 1.45. The molecular formula is C3H6N2OS. The molecule has 0 radical (unpaired) electrons. The van der Waals surface area contributed by atoms with Crippen molar-refractivity contribution < 1.29 is 4.79 Å². The van der Waals surface area contributed by atoms with E-state index in [4.69, 9.17) is 0 Å². The maximum atomic E-state index is 10.3. The van der Waals surface area contributed by atoms with Crippen molar-refractivity contribution in [2.75, 3.05) is 11.6 Å². The molecule has 0 unspecified atom stereocenters. The second kappa shape index (κ2) is 2.18. The van der Waals surface area contributed by atoms with Gasteiger partial charge in [-0.3, -0.25) is 10.2 Å². The molecule has 1 heterocycles. The maximum Gasteiger partial charge on any atom is 0.244 e. The van der Waals surface area contributed by atoms with Gasteiger partial charge in [0.1, 0.15) is 0 Å². The Morgan fingerprint density at radius 2 is 2.57 bits per heavy atom. The number of nitrogens with one attached hydrogen (secondary N) is 2. The summed E-state index contributed by atoms with van der Waals surface area (Å²) in [5.41, 5.74) is 5.17. The Balaban J connectivity index is 2.25. The lowest BCUT2D eigenvalue weighted by molar-refractivity contribution is -0.119. The molecule has 1 aliphatic rings. The van der Waals surface area contributed by atoms with E-state index < -0.39 is 0 Å². The summed E-state index contributed by atoms with van der Waals surface area (Å²) in [6.45, 7) is 0. The van der Waals surface area contributed by atoms with Gasteiger partial charge in [0.05, 0.1) is 11.6 Å². The van der Waals surface area contributed by atoms with Gasteiger partial charge in [-0.15, -0.1) is 11.8 Å². The number of amides is 1. The first-order chi connectivity index (χ1) is 3.39. The number of carbonyl (C=O) groups excluding carboxylic acids is 1. The highest BCUT2D eigenvalue weighted by Gasteiger charge is 2.03. The second-order valence-corrected chi connectivity index (χ2v) is 2.20. The van der Waals surface area contributed by atoms with Crippen molar-refractivity contribution >= 4 is 17.7 Å². The summed E-state index contributed by atoms with van der Waals surface area (Å²) in [6.07, 6.45) is 0. The molecule has 1 aliphatic heterocycles. The van der Waals surface area contributed by atoms with Crippen molar-refractivity contribution in [2.24, 2.45) is 0 Å². The van der Waals surface area contributed by atoms with Gasteiger partial charge < -0.3 is 0 Å². The van der Waals surface area contributed by atoms with Crippen molar-refractivity contribution in [1.29, 1.82) is 0 Å². The number of rotatable bonds is 0. The van der Waals surface area contributed by atoms with Gasteiger partial charge in [-0.25, -0.2) is 5.43 Å². The fraction of sp³-hybridized carbons (Fsp3) is 0.667. The normalized spacial score (nSPS) is 21.4. The van der Waals surface area contributed by atoms with Crippen LogP contribution in [-0.2, 0) is 4.79 Å². The number of hydrogen-bond donors (Lipinski definition) is 2. The molecule has 0 spiro atoms. The predicted octanol–water partition coefficient (Wildman–Crippen LogP) is -0.689. The summed E-state index contributed by atoms with van der Waals surface area (Å²) in [5.74, 6) is 1.48. The highest BCUT2D eigenvalue weighted by molar-refractivity contribution is 7.99. The molecule has 0 bridgehead atoms. The molecule has 0 saturated carbocycles. The monoisotopic (exact) mass is 118 g/mol. The van der Waals surface area contributed by atoms with Gasteiger partial charge in [-0.1, -0.05) is 0 Å². The molecular weight excluding hydrogens is 112 g/mol. The fourth-order valence-corrected chi connectivity index (χ4v) is 0.899. The quantitative estimate of drug-likeness (QED) is 0.442. The van der Waals surface area contributed by atoms with Gasteiger partial charge in [0, 0.05) is 0 Å². The third-order valence-electron chi connectivity index (χ3n) is 0.635. The molecule has 3 nitrogen and oxygen atoms in total. The molecule has 0 aliphatic carbocycles. The van der Waals surface area contributed by atoms with Crippen molar-refractivity contribution in [1.82, 2.24) is 10.9 Å². The third kappa shape index (κ3) is 1.36. The van der Waals surface area contributed by atoms with Crippen LogP contribution in [0.3, 0.4) is 0 Å². The first kappa shape index (κ1) is 4.93. The summed E-state index contributed by atoms with van der Waals surface area (Å²) >= 11 is 1.58. The Labute approximate surface area is 45.8 Å². The van der Waals surface area contributed by atoms with Crippen molar-refractivity contribution in [2.45, 2.75) is 0 Å². The number of carbonyl (C=O) groups is 1. The molecule has 40 valence electrons. The van der Waals surface area contributed by atoms with Crippen LogP contribution in [0, 0.1) is 0 Å². The Bertz CT molecular complexity index is 77.0. The molecule has 0 aromatic heterocycles. The summed E-state index contributed by atoms with van der Waals surface area (Å²) in [4.78, 5) is 10.3. The summed E-state index contributed by atoms with van der Waals surface area (Å²) in [6, 6.07) is 0. The average molecular weight is 118 g/mol. The van der Waals surface area contributed by atoms with Gasteiger partial charge in [0.15, 0.2) is 0 Å². The van der Waals surface area contributed by atoms with Crippen LogP contribution in [0.25, 0.3) is 0 Å². The highest BCUT2D eigenvalue weighted by atomic mass is 32.2. The molecule has 7 heavy (non-hydrogen) atoms. The molecule has 1 saturated heterocycles. The molecule has 1 fully saturated rings. The van der Waals surface area contributed by atoms with Crippen LogP contribution >= 0.6 is 11.8 Å². The largest absolute Gasteiger partial charge is 0.290 e. The second-order valence-electron chi connectivity index (χ2n) is 1.22. The predicted molar refractivity (Wildman–Crippen MR) is 28.6 cm³/mol. The van der Waals surface area contributed by atoms with Crippen LogP contribution in [0.15, 0.2) is 0 Å². The summed E-state index contributed by atoms with van der Waals surface area (Å²) in [7, 11) is 0. The molecule has 1 amide bonds. The van der Waals surface area contributed by atoms with Gasteiger partial charge in [-0.05, 0) is 0 Å². The summed E-state index contributed by atoms with van der Waals surface area (Å²) in [5, 5.41) is 0. The van der Waals surface area contributed by atoms with Crippen molar-refractivity contribution in [3.63, 3.8) is 0 Å². The Morgan fingerprint density at radius 1 is 1.71 bits per heavy atom. The van der Waals surface area contributed by atoms with E-state index in [1.54, 1.807) is 11.8 Å². The van der Waals surface area contributed by atoms with E-state index in [9.17, 15) is 4.79 Å². The van der Waals surface area contributed by atoms with Crippen molar-refractivity contribution in [3.05, 3.63) is 0 Å². The minimum Gasteiger partial charge on any atom is -0.290 e. The SMILES string of the molecule is O=C1CSCNN1. The van der Waals surface area contributed by atoms with Gasteiger partial charge >= 0.3 is 0 Å². The van der Waals surface area contributed by atoms with Crippen LogP contribution in [0.1, 0.15) is 0 Å². The zero-order valence-corrected chi connectivity index (χ0v) is 4.55. The van der Waals surface area contributed by atoms with E-state index in [1.807, 2.05) is 0 Å². The lowest BCUT2D eigenvalue weighted by Gasteiger charge is -2.10. The lowest BCUT2D eigenvalue weighted by Crippen LogP contribution is -2.42. The van der Waals surface area contributed by atoms with Crippen LogP contribution in [0.5, 0.6) is 0 Å². The number of thioether (sulfide) groups is 1. The molecule has 0 aromatic rings. The average Bonchev–Trinajstić information content (AvgIpc) is 1.69. The molecule has 0 aromatic carbocycles. The number of hydrogen-bond acceptors (Lipinski definition) is 3. The molecule has 2 N–H and O–H groups in total. The Kier molecular flexibility index (Phi) is 1.54. The van der Waals surface area contributed by atoms with E-state index in [1.165, 1.54) is 0 Å². The maximum absolute atomic E-state index is 10.3. The van der Waals surface area contributed by atoms with E-state index in [-0.39, 0.29) is 5.91 Å². The fourth-order valence-electron chi connectivity index (χ4n) is 0.366. The summed E-state index contributed by atoms with van der Waals surface area (Å²) < 4.78 is 0.